The van der Waals surface area contributed by atoms with Crippen molar-refractivity contribution in [1.82, 2.24) is 10.4 Å². The predicted octanol–water partition coefficient (Wildman–Crippen LogP) is 3.83. The minimum absolute atomic E-state index is 0.0304. The van der Waals surface area contributed by atoms with E-state index in [9.17, 15) is 18.0 Å². The first-order valence-electron chi connectivity index (χ1n) is 8.87. The number of nitrogens with one attached hydrogen (secondary N) is 3. The Bertz CT molecular complexity index is 918. The van der Waals surface area contributed by atoms with Gasteiger partial charge in [0.25, 0.3) is 5.91 Å². The number of amides is 1. The number of nitrogens with zero attached hydrogens (tertiary/aromatic N) is 1. The van der Waals surface area contributed by atoms with Crippen molar-refractivity contribution in [3.8, 4) is 5.75 Å². The van der Waals surface area contributed by atoms with Crippen LogP contribution in [-0.2, 0) is 6.54 Å². The molecule has 0 aromatic heterocycles. The third kappa shape index (κ3) is 3.70. The summed E-state index contributed by atoms with van der Waals surface area (Å²) in [5.41, 5.74) is 10.4. The molecule has 3 N–H and O–H groups in total. The average molecular weight is 392 g/mol. The summed E-state index contributed by atoms with van der Waals surface area (Å²) < 4.78 is 42.4. The summed E-state index contributed by atoms with van der Waals surface area (Å²) in [6, 6.07) is 7.22. The first kappa shape index (κ1) is 18.4. The van der Waals surface area contributed by atoms with Crippen LogP contribution in [0.1, 0.15) is 40.2 Å². The third-order valence-corrected chi connectivity index (χ3v) is 4.77. The topological polar surface area (TPSA) is 65.6 Å². The Morgan fingerprint density at radius 3 is 2.75 bits per heavy atom. The van der Waals surface area contributed by atoms with Gasteiger partial charge in [-0.2, -0.15) is 8.78 Å². The van der Waals surface area contributed by atoms with Crippen molar-refractivity contribution in [2.45, 2.75) is 31.9 Å². The van der Waals surface area contributed by atoms with E-state index in [2.05, 4.69) is 27.0 Å². The summed E-state index contributed by atoms with van der Waals surface area (Å²) in [6.45, 7) is -2.87. The highest BCUT2D eigenvalue weighted by Crippen LogP contribution is 2.46. The molecular formula is C19H19F3N4O2. The van der Waals surface area contributed by atoms with Crippen LogP contribution in [0.2, 0.25) is 0 Å². The van der Waals surface area contributed by atoms with Crippen LogP contribution >= 0.6 is 0 Å². The second kappa shape index (κ2) is 7.23. The normalized spacial score (nSPS) is 15.8. The molecule has 6 nitrogen and oxygen atoms in total. The average Bonchev–Trinajstić information content (AvgIpc) is 3.41. The zero-order chi connectivity index (χ0) is 19.8. The van der Waals surface area contributed by atoms with E-state index in [1.165, 1.54) is 11.6 Å². The lowest BCUT2D eigenvalue weighted by Gasteiger charge is -2.15. The van der Waals surface area contributed by atoms with Crippen molar-refractivity contribution >= 4 is 17.3 Å². The molecule has 1 aliphatic heterocycles. The van der Waals surface area contributed by atoms with Gasteiger partial charge in [0, 0.05) is 24.7 Å². The number of anilines is 2. The zero-order valence-corrected chi connectivity index (χ0v) is 15.1. The number of rotatable bonds is 6. The minimum Gasteiger partial charge on any atom is -0.432 e. The summed E-state index contributed by atoms with van der Waals surface area (Å²) in [6.07, 6.45) is 2.22. The van der Waals surface area contributed by atoms with Gasteiger partial charge in [0.15, 0.2) is 11.6 Å². The van der Waals surface area contributed by atoms with Crippen LogP contribution in [0, 0.1) is 5.82 Å². The highest BCUT2D eigenvalue weighted by atomic mass is 19.3. The molecule has 1 aliphatic carbocycles. The van der Waals surface area contributed by atoms with Gasteiger partial charge in [-0.1, -0.05) is 6.07 Å². The fourth-order valence-electron chi connectivity index (χ4n) is 3.33. The Morgan fingerprint density at radius 1 is 1.29 bits per heavy atom. The van der Waals surface area contributed by atoms with E-state index >= 15 is 0 Å². The van der Waals surface area contributed by atoms with Crippen molar-refractivity contribution in [3.05, 3.63) is 52.8 Å². The molecule has 0 unspecified atom stereocenters. The third-order valence-electron chi connectivity index (χ3n) is 4.77. The molecule has 0 bridgehead atoms. The Balaban J connectivity index is 1.51. The number of carbonyl (C=O) groups excluding carboxylic acids is 1. The van der Waals surface area contributed by atoms with Gasteiger partial charge in [0.2, 0.25) is 0 Å². The lowest BCUT2D eigenvalue weighted by Crippen LogP contribution is -2.26. The molecule has 0 saturated heterocycles. The zero-order valence-electron chi connectivity index (χ0n) is 15.1. The Labute approximate surface area is 159 Å². The van der Waals surface area contributed by atoms with Gasteiger partial charge in [-0.15, -0.1) is 5.12 Å². The lowest BCUT2D eigenvalue weighted by molar-refractivity contribution is -0.0521. The number of halogens is 3. The molecule has 1 amide bonds. The Morgan fingerprint density at radius 2 is 2.07 bits per heavy atom. The Hall–Kier alpha value is -2.94. The highest BCUT2D eigenvalue weighted by molar-refractivity contribution is 5.94. The van der Waals surface area contributed by atoms with Crippen LogP contribution in [-0.4, -0.2) is 24.7 Å². The SMILES string of the molecule is CN1Nc2ccc(C3CC3)c(CNC(=O)c3ccc(OC(F)F)c(F)c3)c2N1. The van der Waals surface area contributed by atoms with Crippen molar-refractivity contribution < 1.29 is 22.7 Å². The first-order chi connectivity index (χ1) is 13.4. The van der Waals surface area contributed by atoms with E-state index in [0.29, 0.717) is 5.92 Å². The summed E-state index contributed by atoms with van der Waals surface area (Å²) in [7, 11) is 1.84. The van der Waals surface area contributed by atoms with Gasteiger partial charge in [-0.25, -0.2) is 4.39 Å². The first-order valence-corrected chi connectivity index (χ1v) is 8.87. The smallest absolute Gasteiger partial charge is 0.387 e. The lowest BCUT2D eigenvalue weighted by atomic mass is 10.00. The molecular weight excluding hydrogens is 373 g/mol. The highest BCUT2D eigenvalue weighted by Gasteiger charge is 2.30. The number of alkyl halides is 2. The van der Waals surface area contributed by atoms with Crippen LogP contribution in [0.5, 0.6) is 5.75 Å². The molecule has 1 heterocycles. The molecule has 0 atom stereocenters. The minimum atomic E-state index is -3.13. The van der Waals surface area contributed by atoms with Gasteiger partial charge in [-0.05, 0) is 48.6 Å². The van der Waals surface area contributed by atoms with Crippen molar-refractivity contribution in [2.75, 3.05) is 17.9 Å². The second-order valence-corrected chi connectivity index (χ2v) is 6.82. The molecule has 9 heteroatoms. The van der Waals surface area contributed by atoms with Gasteiger partial charge in [-0.3, -0.25) is 15.6 Å². The van der Waals surface area contributed by atoms with Crippen LogP contribution in [0.4, 0.5) is 24.5 Å². The van der Waals surface area contributed by atoms with E-state index in [1.54, 1.807) is 5.12 Å². The van der Waals surface area contributed by atoms with Gasteiger partial charge in [0.1, 0.15) is 0 Å². The van der Waals surface area contributed by atoms with Crippen LogP contribution in [0.25, 0.3) is 0 Å². The predicted molar refractivity (Wildman–Crippen MR) is 97.6 cm³/mol. The molecule has 2 aliphatic rings. The van der Waals surface area contributed by atoms with Crippen LogP contribution in [0.15, 0.2) is 30.3 Å². The number of benzene rings is 2. The van der Waals surface area contributed by atoms with E-state index in [4.69, 9.17) is 0 Å². The molecule has 28 heavy (non-hydrogen) atoms. The molecule has 1 fully saturated rings. The molecule has 0 spiro atoms. The van der Waals surface area contributed by atoms with Crippen molar-refractivity contribution in [1.29, 1.82) is 0 Å². The molecule has 1 saturated carbocycles. The monoisotopic (exact) mass is 392 g/mol. The van der Waals surface area contributed by atoms with Gasteiger partial charge < -0.3 is 10.1 Å². The number of hydrogen-bond donors (Lipinski definition) is 3. The second-order valence-electron chi connectivity index (χ2n) is 6.82. The van der Waals surface area contributed by atoms with E-state index in [0.717, 1.165) is 41.9 Å². The summed E-state index contributed by atoms with van der Waals surface area (Å²) in [5, 5.41) is 4.52. The summed E-state index contributed by atoms with van der Waals surface area (Å²) >= 11 is 0. The number of ether oxygens (including phenoxy) is 1. The number of hydrazine groups is 2. The van der Waals surface area contributed by atoms with Crippen molar-refractivity contribution in [2.24, 2.45) is 0 Å². The Kier molecular flexibility index (Phi) is 4.76. The number of carbonyl (C=O) groups is 1. The fraction of sp³-hybridized carbons (Fsp3) is 0.316. The van der Waals surface area contributed by atoms with E-state index in [1.807, 2.05) is 13.1 Å². The summed E-state index contributed by atoms with van der Waals surface area (Å²) in [4.78, 5) is 12.5. The maximum absolute atomic E-state index is 13.9. The van der Waals surface area contributed by atoms with E-state index in [-0.39, 0.29) is 12.1 Å². The van der Waals surface area contributed by atoms with Gasteiger partial charge in [0.05, 0.1) is 11.4 Å². The maximum atomic E-state index is 13.9. The van der Waals surface area contributed by atoms with Crippen molar-refractivity contribution in [3.63, 3.8) is 0 Å². The fourth-order valence-corrected chi connectivity index (χ4v) is 3.33. The number of hydrogen-bond acceptors (Lipinski definition) is 5. The number of fused-ring (bicyclic) bond motifs is 1. The molecule has 0 radical (unpaired) electrons. The van der Waals surface area contributed by atoms with Crippen LogP contribution in [0.3, 0.4) is 0 Å². The molecule has 148 valence electrons. The van der Waals surface area contributed by atoms with E-state index < -0.39 is 24.1 Å². The summed E-state index contributed by atoms with van der Waals surface area (Å²) in [5.74, 6) is -1.63. The van der Waals surface area contributed by atoms with Gasteiger partial charge >= 0.3 is 6.61 Å². The van der Waals surface area contributed by atoms with Crippen LogP contribution < -0.4 is 20.9 Å². The largest absolute Gasteiger partial charge is 0.432 e. The standard InChI is InChI=1S/C19H19F3N4O2/c1-26-24-15-6-5-12(10-2-3-10)13(17(15)25-26)9-23-18(27)11-4-7-16(14(20)8-11)28-19(21)22/h4-8,10,19,24-25H,2-3,9H2,1H3,(H,23,27). The maximum Gasteiger partial charge on any atom is 0.387 e. The molecule has 2 aromatic carbocycles. The molecule has 2 aromatic rings. The molecule has 4 rings (SSSR count). The quantitative estimate of drug-likeness (QED) is 0.697.